The lowest BCUT2D eigenvalue weighted by atomic mass is 10.1. The predicted molar refractivity (Wildman–Crippen MR) is 99.6 cm³/mol. The minimum absolute atomic E-state index is 0.368. The number of rotatable bonds is 8. The van der Waals surface area contributed by atoms with Gasteiger partial charge < -0.3 is 19.9 Å². The van der Waals surface area contributed by atoms with Crippen molar-refractivity contribution in [2.75, 3.05) is 13.7 Å². The van der Waals surface area contributed by atoms with E-state index >= 15 is 0 Å². The van der Waals surface area contributed by atoms with E-state index in [0.717, 1.165) is 15.6 Å². The number of halogens is 1. The molecule has 0 aliphatic heterocycles. The minimum atomic E-state index is -0.368. The molecule has 0 aliphatic rings. The lowest BCUT2D eigenvalue weighted by molar-refractivity contribution is 0.191. The van der Waals surface area contributed by atoms with E-state index in [2.05, 4.69) is 40.3 Å². The van der Waals surface area contributed by atoms with Gasteiger partial charge in [-0.1, -0.05) is 24.3 Å². The fourth-order valence-corrected chi connectivity index (χ4v) is 2.97. The molecule has 1 atom stereocenters. The standard InChI is InChI=1S/C19H24BrNO3/c1-13-6-4-5-7-16(13)12-24-19-17(20)8-15(9-18(19)23-3)11-21-10-14(2)22/h4-9,14,21-22H,10-12H2,1-3H3/t14-/m1/s1. The second kappa shape index (κ2) is 9.06. The third-order valence-corrected chi connectivity index (χ3v) is 4.28. The molecule has 0 saturated heterocycles. The molecule has 0 unspecified atom stereocenters. The Morgan fingerprint density at radius 2 is 2.00 bits per heavy atom. The lowest BCUT2D eigenvalue weighted by Gasteiger charge is -2.16. The van der Waals surface area contributed by atoms with Gasteiger partial charge in [0.05, 0.1) is 17.7 Å². The fraction of sp³-hybridized carbons (Fsp3) is 0.368. The van der Waals surface area contributed by atoms with E-state index in [1.807, 2.05) is 24.3 Å². The van der Waals surface area contributed by atoms with Crippen molar-refractivity contribution in [1.82, 2.24) is 5.32 Å². The fourth-order valence-electron chi connectivity index (χ4n) is 2.36. The largest absolute Gasteiger partial charge is 0.493 e. The zero-order chi connectivity index (χ0) is 17.5. The van der Waals surface area contributed by atoms with Crippen molar-refractivity contribution in [2.45, 2.75) is 33.1 Å². The Hall–Kier alpha value is -1.56. The molecule has 0 amide bonds. The molecular formula is C19H24BrNO3. The van der Waals surface area contributed by atoms with Crippen LogP contribution in [0.4, 0.5) is 0 Å². The summed E-state index contributed by atoms with van der Waals surface area (Å²) in [6, 6.07) is 12.1. The molecule has 0 bridgehead atoms. The van der Waals surface area contributed by atoms with Gasteiger partial charge in [-0.05, 0) is 58.6 Å². The van der Waals surface area contributed by atoms with Gasteiger partial charge in [-0.3, -0.25) is 0 Å². The highest BCUT2D eigenvalue weighted by Crippen LogP contribution is 2.37. The number of hydrogen-bond acceptors (Lipinski definition) is 4. The van der Waals surface area contributed by atoms with Crippen LogP contribution >= 0.6 is 15.9 Å². The summed E-state index contributed by atoms with van der Waals surface area (Å²) in [6.45, 7) is 5.51. The number of hydrogen-bond donors (Lipinski definition) is 2. The van der Waals surface area contributed by atoms with E-state index in [-0.39, 0.29) is 6.10 Å². The molecule has 2 N–H and O–H groups in total. The molecule has 2 rings (SSSR count). The summed E-state index contributed by atoms with van der Waals surface area (Å²) in [4.78, 5) is 0. The Kier molecular flexibility index (Phi) is 7.09. The topological polar surface area (TPSA) is 50.7 Å². The smallest absolute Gasteiger partial charge is 0.175 e. The van der Waals surface area contributed by atoms with Gasteiger partial charge in [-0.25, -0.2) is 0 Å². The van der Waals surface area contributed by atoms with Gasteiger partial charge >= 0.3 is 0 Å². The van der Waals surface area contributed by atoms with Crippen molar-refractivity contribution in [3.8, 4) is 11.5 Å². The summed E-state index contributed by atoms with van der Waals surface area (Å²) in [5.74, 6) is 1.38. The Balaban J connectivity index is 2.10. The summed E-state index contributed by atoms with van der Waals surface area (Å²) >= 11 is 3.57. The zero-order valence-electron chi connectivity index (χ0n) is 14.3. The second-order valence-corrected chi connectivity index (χ2v) is 6.66. The molecule has 0 fully saturated rings. The second-order valence-electron chi connectivity index (χ2n) is 5.80. The molecule has 24 heavy (non-hydrogen) atoms. The van der Waals surface area contributed by atoms with Gasteiger partial charge in [0.25, 0.3) is 0 Å². The zero-order valence-corrected chi connectivity index (χ0v) is 15.9. The van der Waals surface area contributed by atoms with Crippen molar-refractivity contribution >= 4 is 15.9 Å². The van der Waals surface area contributed by atoms with Crippen molar-refractivity contribution in [2.24, 2.45) is 0 Å². The van der Waals surface area contributed by atoms with Crippen molar-refractivity contribution in [3.63, 3.8) is 0 Å². The molecule has 5 heteroatoms. The van der Waals surface area contributed by atoms with E-state index in [9.17, 15) is 5.11 Å². The highest BCUT2D eigenvalue weighted by Gasteiger charge is 2.12. The van der Waals surface area contributed by atoms with Gasteiger partial charge in [-0.2, -0.15) is 0 Å². The van der Waals surface area contributed by atoms with E-state index in [0.29, 0.717) is 31.2 Å². The molecule has 0 aromatic heterocycles. The lowest BCUT2D eigenvalue weighted by Crippen LogP contribution is -2.23. The minimum Gasteiger partial charge on any atom is -0.493 e. The average molecular weight is 394 g/mol. The van der Waals surface area contributed by atoms with Crippen LogP contribution in [0, 0.1) is 6.92 Å². The van der Waals surface area contributed by atoms with Crippen LogP contribution in [0.15, 0.2) is 40.9 Å². The molecule has 0 heterocycles. The quantitative estimate of drug-likeness (QED) is 0.715. The van der Waals surface area contributed by atoms with E-state index in [4.69, 9.17) is 9.47 Å². The van der Waals surface area contributed by atoms with Crippen LogP contribution in [0.2, 0.25) is 0 Å². The van der Waals surface area contributed by atoms with Crippen LogP contribution < -0.4 is 14.8 Å². The first-order chi connectivity index (χ1) is 11.5. The molecule has 0 aliphatic carbocycles. The van der Waals surface area contributed by atoms with Crippen LogP contribution in [-0.2, 0) is 13.2 Å². The predicted octanol–water partition coefficient (Wildman–Crippen LogP) is 3.82. The Morgan fingerprint density at radius 3 is 2.67 bits per heavy atom. The number of aryl methyl sites for hydroxylation is 1. The van der Waals surface area contributed by atoms with Crippen molar-refractivity contribution in [3.05, 3.63) is 57.6 Å². The number of benzene rings is 2. The first-order valence-electron chi connectivity index (χ1n) is 7.93. The van der Waals surface area contributed by atoms with E-state index < -0.39 is 0 Å². The first kappa shape index (κ1) is 18.8. The Bertz CT molecular complexity index is 674. The van der Waals surface area contributed by atoms with Gasteiger partial charge in [-0.15, -0.1) is 0 Å². The average Bonchev–Trinajstić information content (AvgIpc) is 2.54. The van der Waals surface area contributed by atoms with Gasteiger partial charge in [0.1, 0.15) is 6.61 Å². The normalized spacial score (nSPS) is 12.0. The monoisotopic (exact) mass is 393 g/mol. The Morgan fingerprint density at radius 1 is 1.25 bits per heavy atom. The van der Waals surface area contributed by atoms with Crippen LogP contribution in [0.1, 0.15) is 23.6 Å². The molecule has 130 valence electrons. The van der Waals surface area contributed by atoms with Crippen LogP contribution in [0.25, 0.3) is 0 Å². The maximum Gasteiger partial charge on any atom is 0.175 e. The molecule has 4 nitrogen and oxygen atoms in total. The van der Waals surface area contributed by atoms with Gasteiger partial charge in [0.15, 0.2) is 11.5 Å². The van der Waals surface area contributed by atoms with Crippen molar-refractivity contribution < 1.29 is 14.6 Å². The highest BCUT2D eigenvalue weighted by molar-refractivity contribution is 9.10. The summed E-state index contributed by atoms with van der Waals surface area (Å²) in [5.41, 5.74) is 3.41. The molecule has 0 saturated carbocycles. The van der Waals surface area contributed by atoms with Gasteiger partial charge in [0, 0.05) is 13.1 Å². The summed E-state index contributed by atoms with van der Waals surface area (Å²) < 4.78 is 12.3. The van der Waals surface area contributed by atoms with Gasteiger partial charge in [0.2, 0.25) is 0 Å². The summed E-state index contributed by atoms with van der Waals surface area (Å²) in [7, 11) is 1.63. The number of methoxy groups -OCH3 is 1. The number of aliphatic hydroxyl groups is 1. The highest BCUT2D eigenvalue weighted by atomic mass is 79.9. The SMILES string of the molecule is COc1cc(CNC[C@@H](C)O)cc(Br)c1OCc1ccccc1C. The van der Waals surface area contributed by atoms with E-state index in [1.54, 1.807) is 14.0 Å². The third kappa shape index (κ3) is 5.23. The molecule has 0 spiro atoms. The van der Waals surface area contributed by atoms with Crippen molar-refractivity contribution in [1.29, 1.82) is 0 Å². The first-order valence-corrected chi connectivity index (χ1v) is 8.73. The summed E-state index contributed by atoms with van der Waals surface area (Å²) in [5, 5.41) is 12.5. The number of nitrogens with one attached hydrogen (secondary N) is 1. The maximum absolute atomic E-state index is 9.31. The summed E-state index contributed by atoms with van der Waals surface area (Å²) in [6.07, 6.45) is -0.368. The molecule has 0 radical (unpaired) electrons. The molecular weight excluding hydrogens is 370 g/mol. The maximum atomic E-state index is 9.31. The van der Waals surface area contributed by atoms with Crippen LogP contribution in [0.5, 0.6) is 11.5 Å². The van der Waals surface area contributed by atoms with Crippen LogP contribution in [0.3, 0.4) is 0 Å². The number of aliphatic hydroxyl groups excluding tert-OH is 1. The molecule has 2 aromatic carbocycles. The number of ether oxygens (including phenoxy) is 2. The molecule has 2 aromatic rings. The van der Waals surface area contributed by atoms with Crippen LogP contribution in [-0.4, -0.2) is 24.9 Å². The third-order valence-electron chi connectivity index (χ3n) is 3.69. The Labute approximate surface area is 151 Å². The van der Waals surface area contributed by atoms with E-state index in [1.165, 1.54) is 5.56 Å².